The minimum absolute atomic E-state index is 0.656. The van der Waals surface area contributed by atoms with Crippen molar-refractivity contribution >= 4 is 11.6 Å². The van der Waals surface area contributed by atoms with Crippen LogP contribution in [-0.4, -0.2) is 12.2 Å². The molecule has 2 rings (SSSR count). The minimum atomic E-state index is -0.793. The van der Waals surface area contributed by atoms with Gasteiger partial charge in [-0.3, -0.25) is 0 Å². The van der Waals surface area contributed by atoms with Crippen LogP contribution in [-0.2, 0) is 5.60 Å². The number of aliphatic hydroxyl groups is 1. The van der Waals surface area contributed by atoms with E-state index in [0.717, 1.165) is 42.9 Å². The van der Waals surface area contributed by atoms with E-state index in [4.69, 9.17) is 16.3 Å². The van der Waals surface area contributed by atoms with Crippen LogP contribution < -0.4 is 4.74 Å². The van der Waals surface area contributed by atoms with Crippen LogP contribution in [0, 0.1) is 5.92 Å². The molecule has 2 unspecified atom stereocenters. The summed E-state index contributed by atoms with van der Waals surface area (Å²) in [5.74, 6) is 1.49. The highest BCUT2D eigenvalue weighted by atomic mass is 35.5. The zero-order valence-electron chi connectivity index (χ0n) is 12.5. The van der Waals surface area contributed by atoms with Crippen molar-refractivity contribution < 1.29 is 9.84 Å². The summed E-state index contributed by atoms with van der Waals surface area (Å²) in [5.41, 5.74) is 0.0586. The Morgan fingerprint density at radius 3 is 2.85 bits per heavy atom. The van der Waals surface area contributed by atoms with Crippen molar-refractivity contribution in [1.29, 1.82) is 0 Å². The van der Waals surface area contributed by atoms with Crippen molar-refractivity contribution in [2.75, 3.05) is 7.11 Å². The first kappa shape index (κ1) is 15.7. The summed E-state index contributed by atoms with van der Waals surface area (Å²) in [7, 11) is 1.65. The molecule has 0 spiro atoms. The molecule has 2 nitrogen and oxygen atoms in total. The maximum atomic E-state index is 11.1. The van der Waals surface area contributed by atoms with E-state index in [0.29, 0.717) is 5.02 Å². The summed E-state index contributed by atoms with van der Waals surface area (Å²) < 4.78 is 5.42. The van der Waals surface area contributed by atoms with Gasteiger partial charge in [-0.15, -0.1) is 0 Å². The Morgan fingerprint density at radius 2 is 2.15 bits per heavy atom. The smallest absolute Gasteiger partial charge is 0.125 e. The first-order chi connectivity index (χ1) is 9.59. The van der Waals surface area contributed by atoms with Crippen LogP contribution in [0.1, 0.15) is 57.4 Å². The van der Waals surface area contributed by atoms with E-state index in [1.54, 1.807) is 7.11 Å². The van der Waals surface area contributed by atoms with E-state index in [1.165, 1.54) is 19.3 Å². The molecule has 20 heavy (non-hydrogen) atoms. The van der Waals surface area contributed by atoms with E-state index < -0.39 is 5.60 Å². The quantitative estimate of drug-likeness (QED) is 0.799. The van der Waals surface area contributed by atoms with Crippen molar-refractivity contribution in [2.45, 2.75) is 57.5 Å². The van der Waals surface area contributed by atoms with Gasteiger partial charge in [-0.05, 0) is 49.8 Å². The molecule has 0 saturated heterocycles. The average Bonchev–Trinajstić information content (AvgIpc) is 2.63. The first-order valence-electron chi connectivity index (χ1n) is 7.65. The van der Waals surface area contributed by atoms with Crippen LogP contribution in [0.15, 0.2) is 18.2 Å². The van der Waals surface area contributed by atoms with Gasteiger partial charge in [-0.2, -0.15) is 0 Å². The molecular formula is C17H25ClO2. The van der Waals surface area contributed by atoms with Crippen molar-refractivity contribution in [3.8, 4) is 5.75 Å². The highest BCUT2D eigenvalue weighted by Crippen LogP contribution is 2.43. The highest BCUT2D eigenvalue weighted by molar-refractivity contribution is 6.30. The molecule has 2 atom stereocenters. The molecule has 3 heteroatoms. The molecule has 1 saturated carbocycles. The Kier molecular flexibility index (Phi) is 5.34. The van der Waals surface area contributed by atoms with Gasteiger partial charge in [0.2, 0.25) is 0 Å². The fourth-order valence-electron chi connectivity index (χ4n) is 3.41. The summed E-state index contributed by atoms with van der Waals surface area (Å²) in [5, 5.41) is 11.8. The molecule has 1 aromatic rings. The standard InChI is InChI=1S/C17H25ClO2/c1-3-5-13-6-4-10-17(19,11-9-13)15-12-14(18)7-8-16(15)20-2/h7-8,12-13,19H,3-6,9-11H2,1-2H3. The molecule has 0 bridgehead atoms. The third-order valence-corrected chi connectivity index (χ3v) is 4.76. The molecule has 1 N–H and O–H groups in total. The molecule has 1 aliphatic carbocycles. The lowest BCUT2D eigenvalue weighted by Crippen LogP contribution is -2.25. The first-order valence-corrected chi connectivity index (χ1v) is 8.03. The summed E-state index contributed by atoms with van der Waals surface area (Å²) in [6.45, 7) is 2.23. The molecule has 1 aromatic carbocycles. The lowest BCUT2D eigenvalue weighted by atomic mass is 9.85. The van der Waals surface area contributed by atoms with Gasteiger partial charge in [0.25, 0.3) is 0 Å². The number of hydrogen-bond donors (Lipinski definition) is 1. The van der Waals surface area contributed by atoms with Gasteiger partial charge in [0, 0.05) is 10.6 Å². The topological polar surface area (TPSA) is 29.5 Å². The SMILES string of the molecule is CCCC1CCCC(O)(c2cc(Cl)ccc2OC)CC1. The molecule has 0 heterocycles. The third-order valence-electron chi connectivity index (χ3n) is 4.53. The Labute approximate surface area is 127 Å². The van der Waals surface area contributed by atoms with Crippen LogP contribution in [0.25, 0.3) is 0 Å². The van der Waals surface area contributed by atoms with E-state index >= 15 is 0 Å². The van der Waals surface area contributed by atoms with Gasteiger partial charge in [-0.25, -0.2) is 0 Å². The Morgan fingerprint density at radius 1 is 1.35 bits per heavy atom. The van der Waals surface area contributed by atoms with Gasteiger partial charge in [0.15, 0.2) is 0 Å². The molecule has 0 amide bonds. The van der Waals surface area contributed by atoms with Gasteiger partial charge < -0.3 is 9.84 Å². The normalized spacial score (nSPS) is 27.1. The molecular weight excluding hydrogens is 272 g/mol. The lowest BCUT2D eigenvalue weighted by molar-refractivity contribution is 0.0173. The number of rotatable bonds is 4. The molecule has 0 aromatic heterocycles. The maximum Gasteiger partial charge on any atom is 0.125 e. The third kappa shape index (κ3) is 3.48. The number of hydrogen-bond acceptors (Lipinski definition) is 2. The number of halogens is 1. The van der Waals surface area contributed by atoms with E-state index in [1.807, 2.05) is 18.2 Å². The largest absolute Gasteiger partial charge is 0.496 e. The fourth-order valence-corrected chi connectivity index (χ4v) is 3.58. The highest BCUT2D eigenvalue weighted by Gasteiger charge is 2.34. The van der Waals surface area contributed by atoms with Gasteiger partial charge in [0.05, 0.1) is 12.7 Å². The predicted molar refractivity (Wildman–Crippen MR) is 83.4 cm³/mol. The van der Waals surface area contributed by atoms with Crippen LogP contribution in [0.4, 0.5) is 0 Å². The lowest BCUT2D eigenvalue weighted by Gasteiger charge is -2.29. The molecule has 112 valence electrons. The monoisotopic (exact) mass is 296 g/mol. The van der Waals surface area contributed by atoms with E-state index in [9.17, 15) is 5.11 Å². The predicted octanol–water partition coefficient (Wildman–Crippen LogP) is 4.92. The fraction of sp³-hybridized carbons (Fsp3) is 0.647. The van der Waals surface area contributed by atoms with E-state index in [-0.39, 0.29) is 0 Å². The van der Waals surface area contributed by atoms with Crippen LogP contribution in [0.3, 0.4) is 0 Å². The number of methoxy groups -OCH3 is 1. The van der Waals surface area contributed by atoms with Crippen molar-refractivity contribution in [2.24, 2.45) is 5.92 Å². The molecule has 0 radical (unpaired) electrons. The van der Waals surface area contributed by atoms with Crippen molar-refractivity contribution in [1.82, 2.24) is 0 Å². The van der Waals surface area contributed by atoms with Crippen molar-refractivity contribution in [3.63, 3.8) is 0 Å². The Hall–Kier alpha value is -0.730. The summed E-state index contributed by atoms with van der Waals surface area (Å²) in [4.78, 5) is 0. The van der Waals surface area contributed by atoms with Crippen molar-refractivity contribution in [3.05, 3.63) is 28.8 Å². The Bertz CT molecular complexity index is 447. The summed E-state index contributed by atoms with van der Waals surface area (Å²) in [6.07, 6.45) is 7.46. The van der Waals surface area contributed by atoms with Gasteiger partial charge in [-0.1, -0.05) is 37.8 Å². The number of benzene rings is 1. The van der Waals surface area contributed by atoms with Crippen LogP contribution in [0.5, 0.6) is 5.75 Å². The summed E-state index contributed by atoms with van der Waals surface area (Å²) >= 11 is 6.11. The van der Waals surface area contributed by atoms with Crippen LogP contribution >= 0.6 is 11.6 Å². The minimum Gasteiger partial charge on any atom is -0.496 e. The second-order valence-electron chi connectivity index (χ2n) is 5.96. The number of ether oxygens (including phenoxy) is 1. The maximum absolute atomic E-state index is 11.1. The zero-order valence-corrected chi connectivity index (χ0v) is 13.2. The Balaban J connectivity index is 2.24. The van der Waals surface area contributed by atoms with Gasteiger partial charge >= 0.3 is 0 Å². The molecule has 1 aliphatic rings. The average molecular weight is 297 g/mol. The molecule has 0 aliphatic heterocycles. The van der Waals surface area contributed by atoms with E-state index in [2.05, 4.69) is 6.92 Å². The van der Waals surface area contributed by atoms with Gasteiger partial charge in [0.1, 0.15) is 5.75 Å². The molecule has 1 fully saturated rings. The zero-order chi connectivity index (χ0) is 14.6. The second kappa shape index (κ2) is 6.82. The second-order valence-corrected chi connectivity index (χ2v) is 6.40. The summed E-state index contributed by atoms with van der Waals surface area (Å²) in [6, 6.07) is 5.52. The van der Waals surface area contributed by atoms with Crippen LogP contribution in [0.2, 0.25) is 5.02 Å².